The molecule has 3 atom stereocenters. The standard InChI is InChI=1S/C23H24F2O5/c1-27-21(26)10-13-12-29-20-11-14(6-7-15(13)20)30-19-9-8-16-17(19)4-3-5-18(16)22(28-2)23(24)25/h3-7,11,13,19,22-23H,8-10,12H2,1-2H3. The maximum Gasteiger partial charge on any atom is 0.306 e. The number of fused-ring (bicyclic) bond motifs is 2. The first-order valence-electron chi connectivity index (χ1n) is 9.94. The molecule has 0 aromatic heterocycles. The number of carbonyl (C=O) groups is 1. The summed E-state index contributed by atoms with van der Waals surface area (Å²) >= 11 is 0. The van der Waals surface area contributed by atoms with Crippen LogP contribution in [0.15, 0.2) is 36.4 Å². The van der Waals surface area contributed by atoms with Gasteiger partial charge in [-0.05, 0) is 35.6 Å². The van der Waals surface area contributed by atoms with Crippen molar-refractivity contribution in [1.82, 2.24) is 0 Å². The quantitative estimate of drug-likeness (QED) is 0.608. The first kappa shape index (κ1) is 20.6. The van der Waals surface area contributed by atoms with Gasteiger partial charge >= 0.3 is 5.97 Å². The van der Waals surface area contributed by atoms with Gasteiger partial charge < -0.3 is 18.9 Å². The molecule has 0 saturated carbocycles. The van der Waals surface area contributed by atoms with Crippen LogP contribution in [0, 0.1) is 0 Å². The number of methoxy groups -OCH3 is 2. The second kappa shape index (κ2) is 8.60. The van der Waals surface area contributed by atoms with Gasteiger partial charge in [-0.15, -0.1) is 0 Å². The Kier molecular flexibility index (Phi) is 5.90. The second-order valence-electron chi connectivity index (χ2n) is 7.54. The molecule has 1 heterocycles. The highest BCUT2D eigenvalue weighted by molar-refractivity contribution is 5.71. The van der Waals surface area contributed by atoms with Gasteiger partial charge in [-0.3, -0.25) is 4.79 Å². The first-order valence-corrected chi connectivity index (χ1v) is 9.94. The van der Waals surface area contributed by atoms with Gasteiger partial charge in [0.15, 0.2) is 0 Å². The molecule has 0 N–H and O–H groups in total. The molecule has 2 aliphatic rings. The molecular weight excluding hydrogens is 394 g/mol. The van der Waals surface area contributed by atoms with Gasteiger partial charge in [0.25, 0.3) is 6.43 Å². The lowest BCUT2D eigenvalue weighted by molar-refractivity contribution is -0.141. The second-order valence-corrected chi connectivity index (χ2v) is 7.54. The smallest absolute Gasteiger partial charge is 0.306 e. The van der Waals surface area contributed by atoms with Crippen molar-refractivity contribution in [2.45, 2.75) is 43.8 Å². The Bertz CT molecular complexity index is 930. The highest BCUT2D eigenvalue weighted by atomic mass is 19.3. The van der Waals surface area contributed by atoms with Gasteiger partial charge in [0.05, 0.1) is 20.1 Å². The summed E-state index contributed by atoms with van der Waals surface area (Å²) in [6.45, 7) is 0.426. The molecule has 0 bridgehead atoms. The summed E-state index contributed by atoms with van der Waals surface area (Å²) in [6.07, 6.45) is -2.42. The van der Waals surface area contributed by atoms with Crippen LogP contribution in [0.1, 0.15) is 53.2 Å². The number of carbonyl (C=O) groups excluding carboxylic acids is 1. The van der Waals surface area contributed by atoms with E-state index in [-0.39, 0.29) is 24.4 Å². The van der Waals surface area contributed by atoms with E-state index in [0.29, 0.717) is 36.5 Å². The molecule has 3 unspecified atom stereocenters. The summed E-state index contributed by atoms with van der Waals surface area (Å²) < 4.78 is 48.4. The van der Waals surface area contributed by atoms with E-state index in [1.165, 1.54) is 14.2 Å². The number of alkyl halides is 2. The Balaban J connectivity index is 1.52. The molecule has 1 aliphatic carbocycles. The molecule has 0 saturated heterocycles. The van der Waals surface area contributed by atoms with Gasteiger partial charge in [-0.2, -0.15) is 0 Å². The van der Waals surface area contributed by atoms with Gasteiger partial charge in [0, 0.05) is 24.7 Å². The topological polar surface area (TPSA) is 54.0 Å². The molecule has 0 spiro atoms. The molecule has 5 nitrogen and oxygen atoms in total. The van der Waals surface area contributed by atoms with Crippen molar-refractivity contribution in [3.05, 3.63) is 58.7 Å². The molecular formula is C23H24F2O5. The van der Waals surface area contributed by atoms with Gasteiger partial charge in [0.2, 0.25) is 0 Å². The van der Waals surface area contributed by atoms with E-state index in [1.54, 1.807) is 12.1 Å². The van der Waals surface area contributed by atoms with E-state index in [1.807, 2.05) is 24.3 Å². The van der Waals surface area contributed by atoms with Crippen LogP contribution in [0.4, 0.5) is 8.78 Å². The maximum atomic E-state index is 13.4. The number of benzene rings is 2. The van der Waals surface area contributed by atoms with Crippen molar-refractivity contribution in [3.63, 3.8) is 0 Å². The first-order chi connectivity index (χ1) is 14.5. The van der Waals surface area contributed by atoms with Crippen LogP contribution < -0.4 is 9.47 Å². The van der Waals surface area contributed by atoms with E-state index < -0.39 is 12.5 Å². The third-order valence-corrected chi connectivity index (χ3v) is 5.83. The monoisotopic (exact) mass is 418 g/mol. The van der Waals surface area contributed by atoms with Crippen molar-refractivity contribution in [3.8, 4) is 11.5 Å². The Morgan fingerprint density at radius 2 is 2.03 bits per heavy atom. The summed E-state index contributed by atoms with van der Waals surface area (Å²) in [5, 5.41) is 0. The summed E-state index contributed by atoms with van der Waals surface area (Å²) in [4.78, 5) is 11.6. The predicted molar refractivity (Wildman–Crippen MR) is 105 cm³/mol. The largest absolute Gasteiger partial charge is 0.492 e. The average molecular weight is 418 g/mol. The van der Waals surface area contributed by atoms with Gasteiger partial charge in [0.1, 0.15) is 23.7 Å². The van der Waals surface area contributed by atoms with Crippen molar-refractivity contribution in [2.24, 2.45) is 0 Å². The zero-order chi connectivity index (χ0) is 21.3. The van der Waals surface area contributed by atoms with Crippen LogP contribution in [0.2, 0.25) is 0 Å². The van der Waals surface area contributed by atoms with E-state index in [0.717, 1.165) is 16.7 Å². The van der Waals surface area contributed by atoms with Crippen molar-refractivity contribution >= 4 is 5.97 Å². The molecule has 7 heteroatoms. The fraction of sp³-hybridized carbons (Fsp3) is 0.435. The van der Waals surface area contributed by atoms with Crippen LogP contribution in [0.5, 0.6) is 11.5 Å². The Morgan fingerprint density at radius 1 is 1.20 bits per heavy atom. The minimum atomic E-state index is -2.59. The average Bonchev–Trinajstić information content (AvgIpc) is 3.33. The normalized spacial score (nSPS) is 20.4. The molecule has 30 heavy (non-hydrogen) atoms. The van der Waals surface area contributed by atoms with Crippen molar-refractivity contribution in [1.29, 1.82) is 0 Å². The number of hydrogen-bond acceptors (Lipinski definition) is 5. The minimum absolute atomic E-state index is 0.0309. The molecule has 1 aliphatic heterocycles. The Hall–Kier alpha value is -2.67. The van der Waals surface area contributed by atoms with Gasteiger partial charge in [-0.1, -0.05) is 24.3 Å². The van der Waals surface area contributed by atoms with Gasteiger partial charge in [-0.25, -0.2) is 8.78 Å². The minimum Gasteiger partial charge on any atom is -0.492 e. The molecule has 4 rings (SSSR count). The highest BCUT2D eigenvalue weighted by Crippen LogP contribution is 2.43. The van der Waals surface area contributed by atoms with Crippen molar-refractivity contribution < 1.29 is 32.5 Å². The lowest BCUT2D eigenvalue weighted by Crippen LogP contribution is -2.13. The molecule has 2 aromatic carbocycles. The van der Waals surface area contributed by atoms with Crippen LogP contribution in [0.3, 0.4) is 0 Å². The third kappa shape index (κ3) is 3.86. The number of rotatable bonds is 7. The summed E-state index contributed by atoms with van der Waals surface area (Å²) in [7, 11) is 2.67. The zero-order valence-corrected chi connectivity index (χ0v) is 16.9. The number of ether oxygens (including phenoxy) is 4. The van der Waals surface area contributed by atoms with Crippen molar-refractivity contribution in [2.75, 3.05) is 20.8 Å². The summed E-state index contributed by atoms with van der Waals surface area (Å²) in [6, 6.07) is 11.0. The zero-order valence-electron chi connectivity index (χ0n) is 16.9. The molecule has 0 radical (unpaired) electrons. The van der Waals surface area contributed by atoms with Crippen LogP contribution >= 0.6 is 0 Å². The van der Waals surface area contributed by atoms with E-state index in [4.69, 9.17) is 18.9 Å². The molecule has 160 valence electrons. The van der Waals surface area contributed by atoms with Crippen LogP contribution in [0.25, 0.3) is 0 Å². The fourth-order valence-corrected chi connectivity index (χ4v) is 4.35. The van der Waals surface area contributed by atoms with E-state index in [9.17, 15) is 13.6 Å². The molecule has 0 fully saturated rings. The third-order valence-electron chi connectivity index (χ3n) is 5.83. The van der Waals surface area contributed by atoms with E-state index in [2.05, 4.69) is 0 Å². The highest BCUT2D eigenvalue weighted by Gasteiger charge is 2.32. The fourth-order valence-electron chi connectivity index (χ4n) is 4.35. The number of esters is 1. The maximum absolute atomic E-state index is 13.4. The molecule has 0 amide bonds. The summed E-state index contributed by atoms with van der Waals surface area (Å²) in [5.41, 5.74) is 3.28. The number of halogens is 2. The Morgan fingerprint density at radius 3 is 2.77 bits per heavy atom. The van der Waals surface area contributed by atoms with Crippen LogP contribution in [-0.2, 0) is 20.7 Å². The Labute approximate surface area is 173 Å². The lowest BCUT2D eigenvalue weighted by atomic mass is 9.98. The van der Waals surface area contributed by atoms with Crippen LogP contribution in [-0.4, -0.2) is 33.2 Å². The lowest BCUT2D eigenvalue weighted by Gasteiger charge is -2.19. The number of hydrogen-bond donors (Lipinski definition) is 0. The molecule has 2 aromatic rings. The predicted octanol–water partition coefficient (Wildman–Crippen LogP) is 4.74. The van der Waals surface area contributed by atoms with E-state index >= 15 is 0 Å². The summed E-state index contributed by atoms with van der Waals surface area (Å²) in [5.74, 6) is 1.04. The SMILES string of the molecule is COC(=O)CC1COc2cc(OC3CCc4c3cccc4C(OC)C(F)F)ccc21.